The Balaban J connectivity index is 2.14. The molecule has 0 spiro atoms. The van der Waals surface area contributed by atoms with Crippen LogP contribution in [0.5, 0.6) is 23.0 Å². The third-order valence-electron chi connectivity index (χ3n) is 3.43. The predicted molar refractivity (Wildman–Crippen MR) is 91.3 cm³/mol. The van der Waals surface area contributed by atoms with Gasteiger partial charge in [0.05, 0.1) is 26.4 Å². The lowest BCUT2D eigenvalue weighted by Crippen LogP contribution is -2.10. The summed E-state index contributed by atoms with van der Waals surface area (Å²) >= 11 is 0. The topological polar surface area (TPSA) is 54.0 Å². The molecular formula is C19H22O5. The molecule has 5 heteroatoms. The summed E-state index contributed by atoms with van der Waals surface area (Å²) in [6.07, 6.45) is 2.01. The van der Waals surface area contributed by atoms with Gasteiger partial charge in [-0.1, -0.05) is 25.5 Å². The van der Waals surface area contributed by atoms with Crippen LogP contribution >= 0.6 is 0 Å². The maximum absolute atomic E-state index is 12.3. The Kier molecular flexibility index (Phi) is 6.49. The van der Waals surface area contributed by atoms with Gasteiger partial charge in [0.2, 0.25) is 0 Å². The molecule has 2 aromatic carbocycles. The van der Waals surface area contributed by atoms with E-state index < -0.39 is 5.97 Å². The average Bonchev–Trinajstić information content (AvgIpc) is 2.62. The van der Waals surface area contributed by atoms with Crippen LogP contribution in [-0.2, 0) is 0 Å². The van der Waals surface area contributed by atoms with Crippen molar-refractivity contribution in [2.75, 3.05) is 20.8 Å². The first kappa shape index (κ1) is 17.7. The van der Waals surface area contributed by atoms with E-state index in [-0.39, 0.29) is 0 Å². The molecule has 24 heavy (non-hydrogen) atoms. The smallest absolute Gasteiger partial charge is 0.343 e. The third-order valence-corrected chi connectivity index (χ3v) is 3.43. The molecule has 0 unspecified atom stereocenters. The van der Waals surface area contributed by atoms with Crippen molar-refractivity contribution in [2.45, 2.75) is 19.8 Å². The van der Waals surface area contributed by atoms with Crippen LogP contribution in [0.4, 0.5) is 0 Å². The highest BCUT2D eigenvalue weighted by Crippen LogP contribution is 2.30. The lowest BCUT2D eigenvalue weighted by atomic mass is 10.2. The normalized spacial score (nSPS) is 10.1. The van der Waals surface area contributed by atoms with Crippen molar-refractivity contribution in [1.82, 2.24) is 0 Å². The highest BCUT2D eigenvalue weighted by atomic mass is 16.6. The van der Waals surface area contributed by atoms with E-state index in [1.54, 1.807) is 36.4 Å². The minimum atomic E-state index is -0.488. The number of carbonyl (C=O) groups is 1. The number of benzene rings is 2. The van der Waals surface area contributed by atoms with Gasteiger partial charge in [-0.05, 0) is 36.8 Å². The molecule has 0 aliphatic heterocycles. The van der Waals surface area contributed by atoms with E-state index in [1.165, 1.54) is 14.2 Å². The Labute approximate surface area is 142 Å². The Hall–Kier alpha value is -2.69. The van der Waals surface area contributed by atoms with Crippen molar-refractivity contribution in [3.63, 3.8) is 0 Å². The first-order chi connectivity index (χ1) is 11.7. The highest BCUT2D eigenvalue weighted by molar-refractivity contribution is 5.92. The molecule has 2 aromatic rings. The Morgan fingerprint density at radius 1 is 0.917 bits per heavy atom. The van der Waals surface area contributed by atoms with Gasteiger partial charge in [0.15, 0.2) is 23.0 Å². The number of rotatable bonds is 8. The Bertz CT molecular complexity index is 681. The molecule has 128 valence electrons. The largest absolute Gasteiger partial charge is 0.493 e. The molecule has 2 rings (SSSR count). The van der Waals surface area contributed by atoms with Crippen LogP contribution < -0.4 is 18.9 Å². The zero-order chi connectivity index (χ0) is 17.4. The van der Waals surface area contributed by atoms with Crippen LogP contribution in [0.25, 0.3) is 0 Å². The van der Waals surface area contributed by atoms with E-state index in [0.717, 1.165) is 12.8 Å². The number of hydrogen-bond acceptors (Lipinski definition) is 5. The first-order valence-corrected chi connectivity index (χ1v) is 7.85. The van der Waals surface area contributed by atoms with Gasteiger partial charge in [-0.25, -0.2) is 4.79 Å². The molecule has 0 heterocycles. The number of hydrogen-bond donors (Lipinski definition) is 0. The van der Waals surface area contributed by atoms with E-state index >= 15 is 0 Å². The summed E-state index contributed by atoms with van der Waals surface area (Å²) in [6.45, 7) is 2.70. The molecule has 0 bridgehead atoms. The molecule has 0 radical (unpaired) electrons. The number of para-hydroxylation sites is 2. The van der Waals surface area contributed by atoms with Crippen LogP contribution in [-0.4, -0.2) is 26.8 Å². The van der Waals surface area contributed by atoms with Crippen LogP contribution in [0.2, 0.25) is 0 Å². The molecule has 0 aliphatic rings. The van der Waals surface area contributed by atoms with Gasteiger partial charge >= 0.3 is 5.97 Å². The molecule has 0 N–H and O–H groups in total. The van der Waals surface area contributed by atoms with Crippen LogP contribution in [0, 0.1) is 0 Å². The maximum atomic E-state index is 12.3. The standard InChI is InChI=1S/C19H22O5/c1-4-5-12-23-16-11-10-14(13-18(16)22-3)19(20)24-17-9-7-6-8-15(17)21-2/h6-11,13H,4-5,12H2,1-3H3. The number of esters is 1. The fourth-order valence-electron chi connectivity index (χ4n) is 2.10. The summed E-state index contributed by atoms with van der Waals surface area (Å²) in [6, 6.07) is 12.0. The summed E-state index contributed by atoms with van der Waals surface area (Å²) in [5, 5.41) is 0. The lowest BCUT2D eigenvalue weighted by Gasteiger charge is -2.12. The minimum absolute atomic E-state index is 0.368. The van der Waals surface area contributed by atoms with Crippen molar-refractivity contribution in [3.8, 4) is 23.0 Å². The summed E-state index contributed by atoms with van der Waals surface area (Å²) in [5.74, 6) is 1.49. The lowest BCUT2D eigenvalue weighted by molar-refractivity contribution is 0.0729. The van der Waals surface area contributed by atoms with Gasteiger partial charge in [0.25, 0.3) is 0 Å². The van der Waals surface area contributed by atoms with Crippen molar-refractivity contribution < 1.29 is 23.7 Å². The molecule has 0 aliphatic carbocycles. The van der Waals surface area contributed by atoms with Crippen LogP contribution in [0.3, 0.4) is 0 Å². The average molecular weight is 330 g/mol. The molecule has 0 amide bonds. The van der Waals surface area contributed by atoms with E-state index in [1.807, 2.05) is 6.07 Å². The zero-order valence-corrected chi connectivity index (χ0v) is 14.2. The van der Waals surface area contributed by atoms with Crippen LogP contribution in [0.1, 0.15) is 30.1 Å². The molecule has 0 atom stereocenters. The molecule has 0 fully saturated rings. The Morgan fingerprint density at radius 2 is 1.62 bits per heavy atom. The summed E-state index contributed by atoms with van der Waals surface area (Å²) in [7, 11) is 3.06. The number of methoxy groups -OCH3 is 2. The molecule has 5 nitrogen and oxygen atoms in total. The molecular weight excluding hydrogens is 308 g/mol. The monoisotopic (exact) mass is 330 g/mol. The fourth-order valence-corrected chi connectivity index (χ4v) is 2.10. The Morgan fingerprint density at radius 3 is 2.29 bits per heavy atom. The predicted octanol–water partition coefficient (Wildman–Crippen LogP) is 4.10. The van der Waals surface area contributed by atoms with Crippen molar-refractivity contribution in [3.05, 3.63) is 48.0 Å². The summed E-state index contributed by atoms with van der Waals surface area (Å²) in [5.41, 5.74) is 0.376. The second-order valence-corrected chi connectivity index (χ2v) is 5.11. The quantitative estimate of drug-likeness (QED) is 0.414. The second kappa shape index (κ2) is 8.82. The van der Waals surface area contributed by atoms with Crippen molar-refractivity contribution in [2.24, 2.45) is 0 Å². The fraction of sp³-hybridized carbons (Fsp3) is 0.316. The number of unbranched alkanes of at least 4 members (excludes halogenated alkanes) is 1. The second-order valence-electron chi connectivity index (χ2n) is 5.11. The van der Waals surface area contributed by atoms with Gasteiger partial charge in [-0.15, -0.1) is 0 Å². The molecule has 0 aromatic heterocycles. The zero-order valence-electron chi connectivity index (χ0n) is 14.2. The highest BCUT2D eigenvalue weighted by Gasteiger charge is 2.15. The van der Waals surface area contributed by atoms with E-state index in [0.29, 0.717) is 35.2 Å². The van der Waals surface area contributed by atoms with Gasteiger partial charge < -0.3 is 18.9 Å². The van der Waals surface area contributed by atoms with Gasteiger partial charge in [0.1, 0.15) is 0 Å². The molecule has 0 saturated heterocycles. The number of ether oxygens (including phenoxy) is 4. The van der Waals surface area contributed by atoms with Crippen molar-refractivity contribution in [1.29, 1.82) is 0 Å². The van der Waals surface area contributed by atoms with Gasteiger partial charge in [-0.3, -0.25) is 0 Å². The van der Waals surface area contributed by atoms with E-state index in [9.17, 15) is 4.79 Å². The maximum Gasteiger partial charge on any atom is 0.343 e. The molecule has 0 saturated carbocycles. The number of carbonyl (C=O) groups excluding carboxylic acids is 1. The van der Waals surface area contributed by atoms with E-state index in [2.05, 4.69) is 6.92 Å². The minimum Gasteiger partial charge on any atom is -0.493 e. The third kappa shape index (κ3) is 4.41. The van der Waals surface area contributed by atoms with Gasteiger partial charge in [0, 0.05) is 0 Å². The summed E-state index contributed by atoms with van der Waals surface area (Å²) < 4.78 is 21.5. The van der Waals surface area contributed by atoms with Crippen molar-refractivity contribution >= 4 is 5.97 Å². The first-order valence-electron chi connectivity index (χ1n) is 7.85. The SMILES string of the molecule is CCCCOc1ccc(C(=O)Oc2ccccc2OC)cc1OC. The van der Waals surface area contributed by atoms with Gasteiger partial charge in [-0.2, -0.15) is 0 Å². The van der Waals surface area contributed by atoms with E-state index in [4.69, 9.17) is 18.9 Å². The summed E-state index contributed by atoms with van der Waals surface area (Å²) in [4.78, 5) is 12.3. The van der Waals surface area contributed by atoms with Crippen LogP contribution in [0.15, 0.2) is 42.5 Å².